The second-order valence-electron chi connectivity index (χ2n) is 6.22. The Labute approximate surface area is 149 Å². The highest BCUT2D eigenvalue weighted by Crippen LogP contribution is 2.20. The van der Waals surface area contributed by atoms with Crippen LogP contribution >= 0.6 is 0 Å². The summed E-state index contributed by atoms with van der Waals surface area (Å²) < 4.78 is 29.6. The largest absolute Gasteiger partial charge is 0.484 e. The molecule has 1 aromatic carbocycles. The van der Waals surface area contributed by atoms with Gasteiger partial charge in [-0.1, -0.05) is 11.6 Å². The molecule has 2 rings (SSSR count). The Balaban J connectivity index is 1.73. The van der Waals surface area contributed by atoms with Crippen molar-refractivity contribution < 1.29 is 17.9 Å². The van der Waals surface area contributed by atoms with Gasteiger partial charge in [0.1, 0.15) is 5.75 Å². The van der Waals surface area contributed by atoms with Crippen LogP contribution in [0.25, 0.3) is 0 Å². The van der Waals surface area contributed by atoms with Crippen LogP contribution in [0.1, 0.15) is 32.1 Å². The van der Waals surface area contributed by atoms with E-state index < -0.39 is 10.0 Å². The van der Waals surface area contributed by atoms with Gasteiger partial charge in [-0.15, -0.1) is 0 Å². The number of hydrogen-bond acceptors (Lipinski definition) is 4. The van der Waals surface area contributed by atoms with Crippen LogP contribution in [0, 0.1) is 0 Å². The van der Waals surface area contributed by atoms with Crippen molar-refractivity contribution in [1.29, 1.82) is 0 Å². The maximum absolute atomic E-state index is 11.8. The Bertz CT molecular complexity index is 711. The summed E-state index contributed by atoms with van der Waals surface area (Å²) in [5, 5.41) is 2.86. The molecule has 1 N–H and O–H groups in total. The number of carbonyl (C=O) groups is 1. The smallest absolute Gasteiger partial charge is 0.257 e. The summed E-state index contributed by atoms with van der Waals surface area (Å²) in [5.41, 5.74) is 1.97. The van der Waals surface area contributed by atoms with E-state index in [0.29, 0.717) is 18.0 Å². The minimum atomic E-state index is -3.29. The summed E-state index contributed by atoms with van der Waals surface area (Å²) in [5.74, 6) is 0.365. The number of nitrogens with zero attached hydrogens (tertiary/aromatic N) is 1. The second kappa shape index (κ2) is 8.89. The first-order chi connectivity index (χ1) is 11.9. The van der Waals surface area contributed by atoms with Crippen LogP contribution in [0.15, 0.2) is 35.9 Å². The Morgan fingerprint density at radius 3 is 2.56 bits per heavy atom. The monoisotopic (exact) mass is 366 g/mol. The minimum Gasteiger partial charge on any atom is -0.484 e. The van der Waals surface area contributed by atoms with E-state index in [1.807, 2.05) is 0 Å². The summed E-state index contributed by atoms with van der Waals surface area (Å²) in [6, 6.07) is 6.59. The molecular formula is C18H26N2O4S. The van der Waals surface area contributed by atoms with Crippen molar-refractivity contribution >= 4 is 21.6 Å². The summed E-state index contributed by atoms with van der Waals surface area (Å²) in [6.07, 6.45) is 9.12. The molecule has 6 nitrogen and oxygen atoms in total. The molecule has 0 atom stereocenters. The number of carbonyl (C=O) groups excluding carboxylic acids is 1. The van der Waals surface area contributed by atoms with Crippen molar-refractivity contribution in [3.8, 4) is 5.75 Å². The minimum absolute atomic E-state index is 0.0552. The first-order valence-electron chi connectivity index (χ1n) is 8.47. The molecule has 138 valence electrons. The van der Waals surface area contributed by atoms with Crippen molar-refractivity contribution in [3.63, 3.8) is 0 Å². The number of nitrogens with one attached hydrogen (secondary N) is 1. The number of hydrogen-bond donors (Lipinski definition) is 1. The first-order valence-corrected chi connectivity index (χ1v) is 10.3. The van der Waals surface area contributed by atoms with Crippen LogP contribution < -0.4 is 14.4 Å². The highest BCUT2D eigenvalue weighted by atomic mass is 32.2. The number of ether oxygens (including phenoxy) is 1. The number of amides is 1. The van der Waals surface area contributed by atoms with Crippen LogP contribution in [-0.2, 0) is 14.8 Å². The van der Waals surface area contributed by atoms with E-state index in [1.54, 1.807) is 24.3 Å². The molecule has 0 heterocycles. The quantitative estimate of drug-likeness (QED) is 0.717. The number of benzene rings is 1. The zero-order chi connectivity index (χ0) is 18.3. The van der Waals surface area contributed by atoms with E-state index in [2.05, 4.69) is 11.4 Å². The molecule has 0 saturated carbocycles. The SMILES string of the molecule is CN(c1ccc(OCC(=O)NCCC2=CCCCC2)cc1)S(C)(=O)=O. The van der Waals surface area contributed by atoms with E-state index in [1.165, 1.54) is 29.8 Å². The van der Waals surface area contributed by atoms with Gasteiger partial charge >= 0.3 is 0 Å². The predicted octanol–water partition coefficient (Wildman–Crippen LogP) is 2.47. The van der Waals surface area contributed by atoms with E-state index in [0.717, 1.165) is 25.5 Å². The molecule has 1 amide bonds. The van der Waals surface area contributed by atoms with Crippen molar-refractivity contribution in [3.05, 3.63) is 35.9 Å². The Morgan fingerprint density at radius 2 is 1.96 bits per heavy atom. The molecule has 0 bridgehead atoms. The third-order valence-corrected chi connectivity index (χ3v) is 5.43. The van der Waals surface area contributed by atoms with Gasteiger partial charge in [0.25, 0.3) is 5.91 Å². The average Bonchev–Trinajstić information content (AvgIpc) is 2.60. The van der Waals surface area contributed by atoms with Gasteiger partial charge in [-0.05, 0) is 56.4 Å². The zero-order valence-corrected chi connectivity index (χ0v) is 15.6. The molecule has 0 saturated heterocycles. The van der Waals surface area contributed by atoms with Crippen LogP contribution in [0.2, 0.25) is 0 Å². The maximum atomic E-state index is 11.8. The normalized spacial score (nSPS) is 14.6. The molecule has 1 aliphatic rings. The summed E-state index contributed by atoms with van der Waals surface area (Å²) in [6.45, 7) is 0.576. The highest BCUT2D eigenvalue weighted by molar-refractivity contribution is 7.92. The molecule has 0 radical (unpaired) electrons. The van der Waals surface area contributed by atoms with Crippen molar-refractivity contribution in [2.45, 2.75) is 32.1 Å². The zero-order valence-electron chi connectivity index (χ0n) is 14.8. The van der Waals surface area contributed by atoms with Crippen molar-refractivity contribution in [1.82, 2.24) is 5.32 Å². The third kappa shape index (κ3) is 6.42. The summed E-state index contributed by atoms with van der Waals surface area (Å²) in [7, 11) is -1.80. The number of anilines is 1. The molecule has 25 heavy (non-hydrogen) atoms. The topological polar surface area (TPSA) is 75.7 Å². The standard InChI is InChI=1S/C18H26N2O4S/c1-20(25(2,22)23)16-8-10-17(11-9-16)24-14-18(21)19-13-12-15-6-4-3-5-7-15/h6,8-11H,3-5,7,12-14H2,1-2H3,(H,19,21). The fourth-order valence-corrected chi connectivity index (χ4v) is 3.14. The Morgan fingerprint density at radius 1 is 1.24 bits per heavy atom. The second-order valence-corrected chi connectivity index (χ2v) is 8.23. The lowest BCUT2D eigenvalue weighted by molar-refractivity contribution is -0.123. The van der Waals surface area contributed by atoms with E-state index in [9.17, 15) is 13.2 Å². The lowest BCUT2D eigenvalue weighted by Gasteiger charge is -2.17. The molecular weight excluding hydrogens is 340 g/mol. The molecule has 0 aliphatic heterocycles. The van der Waals surface area contributed by atoms with Gasteiger partial charge in [0.15, 0.2) is 6.61 Å². The van der Waals surface area contributed by atoms with Crippen LogP contribution in [0.3, 0.4) is 0 Å². The van der Waals surface area contributed by atoms with Gasteiger partial charge in [-0.2, -0.15) is 0 Å². The molecule has 0 aromatic heterocycles. The molecule has 1 aliphatic carbocycles. The molecule has 1 aromatic rings. The van der Waals surface area contributed by atoms with Gasteiger partial charge < -0.3 is 10.1 Å². The number of rotatable bonds is 8. The van der Waals surface area contributed by atoms with E-state index >= 15 is 0 Å². The molecule has 0 unspecified atom stereocenters. The average molecular weight is 366 g/mol. The lowest BCUT2D eigenvalue weighted by Crippen LogP contribution is -2.30. The maximum Gasteiger partial charge on any atom is 0.257 e. The van der Waals surface area contributed by atoms with Crippen LogP contribution in [0.4, 0.5) is 5.69 Å². The predicted molar refractivity (Wildman–Crippen MR) is 99.4 cm³/mol. The van der Waals surface area contributed by atoms with Crippen molar-refractivity contribution in [2.24, 2.45) is 0 Å². The fourth-order valence-electron chi connectivity index (χ4n) is 2.64. The van der Waals surface area contributed by atoms with Gasteiger partial charge in [0, 0.05) is 13.6 Å². The number of allylic oxidation sites excluding steroid dienone is 1. The first kappa shape index (κ1) is 19.3. The Hall–Kier alpha value is -2.02. The lowest BCUT2D eigenvalue weighted by atomic mass is 9.97. The summed E-state index contributed by atoms with van der Waals surface area (Å²) in [4.78, 5) is 11.8. The van der Waals surface area contributed by atoms with Gasteiger partial charge in [0.2, 0.25) is 10.0 Å². The van der Waals surface area contributed by atoms with Crippen LogP contribution in [-0.4, -0.2) is 40.8 Å². The molecule has 0 spiro atoms. The van der Waals surface area contributed by atoms with E-state index in [4.69, 9.17) is 4.74 Å². The van der Waals surface area contributed by atoms with Crippen molar-refractivity contribution in [2.75, 3.05) is 30.8 Å². The van der Waals surface area contributed by atoms with Gasteiger partial charge in [-0.3, -0.25) is 9.10 Å². The van der Waals surface area contributed by atoms with Gasteiger partial charge in [0.05, 0.1) is 11.9 Å². The highest BCUT2D eigenvalue weighted by Gasteiger charge is 2.12. The molecule has 7 heteroatoms. The third-order valence-electron chi connectivity index (χ3n) is 4.22. The van der Waals surface area contributed by atoms with Gasteiger partial charge in [-0.25, -0.2) is 8.42 Å². The fraction of sp³-hybridized carbons (Fsp3) is 0.500. The molecule has 0 fully saturated rings. The van der Waals surface area contributed by atoms with Crippen LogP contribution in [0.5, 0.6) is 5.75 Å². The number of sulfonamides is 1. The summed E-state index contributed by atoms with van der Waals surface area (Å²) >= 11 is 0. The van der Waals surface area contributed by atoms with E-state index in [-0.39, 0.29) is 12.5 Å². The Kier molecular flexibility index (Phi) is 6.87.